The molecule has 6 heteroatoms. The first kappa shape index (κ1) is 16.4. The third-order valence-electron chi connectivity index (χ3n) is 4.40. The normalized spacial score (nSPS) is 21.1. The highest BCUT2D eigenvalue weighted by atomic mass is 16.5. The van der Waals surface area contributed by atoms with Crippen molar-refractivity contribution in [2.75, 3.05) is 18.0 Å². The predicted octanol–water partition coefficient (Wildman–Crippen LogP) is 3.83. The topological polar surface area (TPSA) is 78.1 Å². The number of rotatable bonds is 3. The monoisotopic (exact) mass is 348 g/mol. The van der Waals surface area contributed by atoms with Crippen molar-refractivity contribution in [2.45, 2.75) is 26.1 Å². The maximum Gasteiger partial charge on any atom is 0.196 e. The van der Waals surface area contributed by atoms with E-state index < -0.39 is 0 Å². The molecule has 0 aliphatic carbocycles. The third kappa shape index (κ3) is 3.22. The van der Waals surface area contributed by atoms with Crippen LogP contribution in [0.15, 0.2) is 40.8 Å². The minimum atomic E-state index is 0.160. The molecular formula is C20H20N4O2. The van der Waals surface area contributed by atoms with Gasteiger partial charge >= 0.3 is 0 Å². The molecule has 1 saturated heterocycles. The van der Waals surface area contributed by atoms with Crippen LogP contribution in [-0.2, 0) is 4.74 Å². The fraction of sp³-hybridized carbons (Fsp3) is 0.300. The van der Waals surface area contributed by atoms with Gasteiger partial charge in [-0.15, -0.1) is 0 Å². The molecule has 3 heterocycles. The molecule has 26 heavy (non-hydrogen) atoms. The Balaban J connectivity index is 1.61. The second-order valence-electron chi connectivity index (χ2n) is 6.61. The van der Waals surface area contributed by atoms with E-state index in [1.807, 2.05) is 36.4 Å². The standard InChI is InChI=1S/C20H20N4O2/c1-13-11-24(12-14(2)25-13)19-8-7-16(26-19)9-15(10-21)20-22-17-5-3-4-6-18(17)23-20/h3-9,13-14H,11-12H2,1-2H3,(H,22,23)/b15-9+/t13-,14-/m1/s1. The maximum absolute atomic E-state index is 9.54. The van der Waals surface area contributed by atoms with E-state index in [-0.39, 0.29) is 12.2 Å². The molecule has 0 amide bonds. The minimum Gasteiger partial charge on any atom is -0.441 e. The van der Waals surface area contributed by atoms with Gasteiger partial charge in [0, 0.05) is 25.2 Å². The average Bonchev–Trinajstić information content (AvgIpc) is 3.25. The smallest absolute Gasteiger partial charge is 0.196 e. The number of hydrogen-bond donors (Lipinski definition) is 1. The molecule has 0 spiro atoms. The van der Waals surface area contributed by atoms with E-state index in [1.165, 1.54) is 0 Å². The Bertz CT molecular complexity index is 952. The average molecular weight is 348 g/mol. The number of anilines is 1. The first-order valence-electron chi connectivity index (χ1n) is 8.69. The molecule has 1 fully saturated rings. The lowest BCUT2D eigenvalue weighted by Crippen LogP contribution is -2.45. The van der Waals surface area contributed by atoms with Crippen molar-refractivity contribution in [3.8, 4) is 6.07 Å². The number of nitrogens with zero attached hydrogens (tertiary/aromatic N) is 3. The summed E-state index contributed by atoms with van der Waals surface area (Å²) in [4.78, 5) is 9.83. The van der Waals surface area contributed by atoms with Gasteiger partial charge in [0.25, 0.3) is 0 Å². The lowest BCUT2D eigenvalue weighted by molar-refractivity contribution is -0.00641. The number of para-hydroxylation sites is 2. The van der Waals surface area contributed by atoms with Crippen molar-refractivity contribution in [3.63, 3.8) is 0 Å². The van der Waals surface area contributed by atoms with Gasteiger partial charge in [-0.25, -0.2) is 4.98 Å². The molecule has 132 valence electrons. The largest absolute Gasteiger partial charge is 0.441 e. The van der Waals surface area contributed by atoms with E-state index in [0.29, 0.717) is 17.2 Å². The number of allylic oxidation sites excluding steroid dienone is 1. The van der Waals surface area contributed by atoms with Crippen molar-refractivity contribution < 1.29 is 9.15 Å². The van der Waals surface area contributed by atoms with Gasteiger partial charge in [0.2, 0.25) is 0 Å². The number of nitrogens with one attached hydrogen (secondary N) is 1. The van der Waals surface area contributed by atoms with Crippen LogP contribution in [0.4, 0.5) is 5.88 Å². The van der Waals surface area contributed by atoms with Gasteiger partial charge in [0.15, 0.2) is 5.88 Å². The number of aromatic amines is 1. The number of fused-ring (bicyclic) bond motifs is 1. The number of imidazole rings is 1. The summed E-state index contributed by atoms with van der Waals surface area (Å²) < 4.78 is 11.7. The minimum absolute atomic E-state index is 0.160. The van der Waals surface area contributed by atoms with E-state index in [2.05, 4.69) is 34.8 Å². The Morgan fingerprint density at radius 3 is 2.73 bits per heavy atom. The van der Waals surface area contributed by atoms with Crippen molar-refractivity contribution >= 4 is 28.6 Å². The first-order valence-corrected chi connectivity index (χ1v) is 8.69. The quantitative estimate of drug-likeness (QED) is 0.728. The molecule has 3 aromatic rings. The number of ether oxygens (including phenoxy) is 1. The van der Waals surface area contributed by atoms with Crippen LogP contribution in [0.3, 0.4) is 0 Å². The molecule has 1 N–H and O–H groups in total. The van der Waals surface area contributed by atoms with E-state index in [1.54, 1.807) is 6.08 Å². The van der Waals surface area contributed by atoms with Crippen LogP contribution in [0.5, 0.6) is 0 Å². The Morgan fingerprint density at radius 1 is 1.23 bits per heavy atom. The molecule has 0 bridgehead atoms. The molecular weight excluding hydrogens is 328 g/mol. The van der Waals surface area contributed by atoms with Gasteiger partial charge in [-0.3, -0.25) is 0 Å². The number of aromatic nitrogens is 2. The fourth-order valence-corrected chi connectivity index (χ4v) is 3.32. The highest BCUT2D eigenvalue weighted by molar-refractivity contribution is 5.89. The zero-order valence-electron chi connectivity index (χ0n) is 14.8. The highest BCUT2D eigenvalue weighted by Crippen LogP contribution is 2.26. The van der Waals surface area contributed by atoms with Gasteiger partial charge in [0.1, 0.15) is 17.7 Å². The lowest BCUT2D eigenvalue weighted by Gasteiger charge is -2.35. The van der Waals surface area contributed by atoms with Crippen molar-refractivity contribution in [3.05, 3.63) is 48.0 Å². The Hall–Kier alpha value is -3.04. The number of nitriles is 1. The summed E-state index contributed by atoms with van der Waals surface area (Å²) in [7, 11) is 0. The molecule has 4 rings (SSSR count). The molecule has 2 aromatic heterocycles. The maximum atomic E-state index is 9.54. The Kier molecular flexibility index (Phi) is 4.23. The molecule has 0 saturated carbocycles. The lowest BCUT2D eigenvalue weighted by atomic mass is 10.2. The van der Waals surface area contributed by atoms with Crippen molar-refractivity contribution in [1.29, 1.82) is 5.26 Å². The van der Waals surface area contributed by atoms with Crippen LogP contribution < -0.4 is 4.90 Å². The van der Waals surface area contributed by atoms with Crippen LogP contribution in [0.25, 0.3) is 22.7 Å². The van der Waals surface area contributed by atoms with Crippen LogP contribution in [0.2, 0.25) is 0 Å². The zero-order chi connectivity index (χ0) is 18.1. The van der Waals surface area contributed by atoms with E-state index in [4.69, 9.17) is 9.15 Å². The van der Waals surface area contributed by atoms with Gasteiger partial charge in [-0.2, -0.15) is 5.26 Å². The summed E-state index contributed by atoms with van der Waals surface area (Å²) in [5.41, 5.74) is 2.17. The molecule has 6 nitrogen and oxygen atoms in total. The van der Waals surface area contributed by atoms with Crippen molar-refractivity contribution in [1.82, 2.24) is 9.97 Å². The van der Waals surface area contributed by atoms with Gasteiger partial charge < -0.3 is 19.0 Å². The number of H-pyrrole nitrogens is 1. The fourth-order valence-electron chi connectivity index (χ4n) is 3.32. The SMILES string of the molecule is C[C@@H]1CN(c2ccc(/C=C(\C#N)c3nc4ccccc4[nH]3)o2)C[C@@H](C)O1. The van der Waals surface area contributed by atoms with Crippen LogP contribution in [0, 0.1) is 11.3 Å². The Morgan fingerprint density at radius 2 is 2.00 bits per heavy atom. The number of benzene rings is 1. The zero-order valence-corrected chi connectivity index (χ0v) is 14.8. The van der Waals surface area contributed by atoms with Crippen LogP contribution in [0.1, 0.15) is 25.4 Å². The summed E-state index contributed by atoms with van der Waals surface area (Å²) in [5.74, 6) is 1.96. The molecule has 1 aliphatic heterocycles. The van der Waals surface area contributed by atoms with Crippen LogP contribution >= 0.6 is 0 Å². The number of furan rings is 1. The second-order valence-corrected chi connectivity index (χ2v) is 6.61. The summed E-state index contributed by atoms with van der Waals surface area (Å²) in [6, 6.07) is 13.7. The molecule has 1 aromatic carbocycles. The van der Waals surface area contributed by atoms with E-state index in [0.717, 1.165) is 30.0 Å². The molecule has 0 radical (unpaired) electrons. The second kappa shape index (κ2) is 6.70. The molecule has 2 atom stereocenters. The van der Waals surface area contributed by atoms with Gasteiger partial charge in [-0.05, 0) is 32.0 Å². The van der Waals surface area contributed by atoms with E-state index in [9.17, 15) is 5.26 Å². The van der Waals surface area contributed by atoms with Gasteiger partial charge in [0.05, 0.1) is 28.8 Å². The molecule has 0 unspecified atom stereocenters. The summed E-state index contributed by atoms with van der Waals surface area (Å²) in [5, 5.41) is 9.54. The van der Waals surface area contributed by atoms with Crippen molar-refractivity contribution in [2.24, 2.45) is 0 Å². The summed E-state index contributed by atoms with van der Waals surface area (Å²) >= 11 is 0. The van der Waals surface area contributed by atoms with Gasteiger partial charge in [-0.1, -0.05) is 12.1 Å². The summed E-state index contributed by atoms with van der Waals surface area (Å²) in [6.07, 6.45) is 2.04. The summed E-state index contributed by atoms with van der Waals surface area (Å²) in [6.45, 7) is 5.69. The predicted molar refractivity (Wildman–Crippen MR) is 101 cm³/mol. The Labute approximate surface area is 151 Å². The number of hydrogen-bond acceptors (Lipinski definition) is 5. The van der Waals surface area contributed by atoms with E-state index >= 15 is 0 Å². The first-order chi connectivity index (χ1) is 12.6. The van der Waals surface area contributed by atoms with Crippen LogP contribution in [-0.4, -0.2) is 35.3 Å². The molecule has 1 aliphatic rings. The third-order valence-corrected chi connectivity index (χ3v) is 4.40. The highest BCUT2D eigenvalue weighted by Gasteiger charge is 2.24. The number of morpholine rings is 1.